The van der Waals surface area contributed by atoms with Crippen molar-refractivity contribution in [3.63, 3.8) is 0 Å². The second kappa shape index (κ2) is 8.69. The van der Waals surface area contributed by atoms with E-state index in [2.05, 4.69) is 5.32 Å². The maximum absolute atomic E-state index is 13.0. The molecule has 1 fully saturated rings. The molecule has 2 rings (SSSR count). The molecule has 0 bridgehead atoms. The van der Waals surface area contributed by atoms with Gasteiger partial charge in [-0.05, 0) is 30.5 Å². The van der Waals surface area contributed by atoms with Gasteiger partial charge in [-0.2, -0.15) is 0 Å². The number of amides is 1. The van der Waals surface area contributed by atoms with E-state index < -0.39 is 0 Å². The van der Waals surface area contributed by atoms with Crippen molar-refractivity contribution in [3.05, 3.63) is 41.7 Å². The molecule has 0 spiro atoms. The van der Waals surface area contributed by atoms with E-state index in [9.17, 15) is 14.3 Å². The smallest absolute Gasteiger partial charge is 0.224 e. The van der Waals surface area contributed by atoms with Crippen molar-refractivity contribution in [2.24, 2.45) is 5.92 Å². The summed E-state index contributed by atoms with van der Waals surface area (Å²) in [4.78, 5) is 12.0. The van der Waals surface area contributed by atoms with Crippen LogP contribution < -0.4 is 5.32 Å². The molecule has 4 heteroatoms. The SMILES string of the molecule is O=C(C/C=C/c1cccc(F)c1)NC1CCCCCC1CO. The first-order valence-electron chi connectivity index (χ1n) is 8.01. The number of aliphatic hydroxyl groups is 1. The summed E-state index contributed by atoms with van der Waals surface area (Å²) >= 11 is 0. The van der Waals surface area contributed by atoms with Gasteiger partial charge in [0.2, 0.25) is 5.91 Å². The Labute approximate surface area is 131 Å². The first-order chi connectivity index (χ1) is 10.7. The van der Waals surface area contributed by atoms with Crippen LogP contribution in [0.5, 0.6) is 0 Å². The van der Waals surface area contributed by atoms with Gasteiger partial charge in [-0.3, -0.25) is 4.79 Å². The maximum Gasteiger partial charge on any atom is 0.224 e. The third-order valence-electron chi connectivity index (χ3n) is 4.20. The minimum Gasteiger partial charge on any atom is -0.396 e. The van der Waals surface area contributed by atoms with Crippen molar-refractivity contribution in [1.82, 2.24) is 5.32 Å². The van der Waals surface area contributed by atoms with Gasteiger partial charge in [0.25, 0.3) is 0 Å². The third-order valence-corrected chi connectivity index (χ3v) is 4.20. The molecule has 3 nitrogen and oxygen atoms in total. The third kappa shape index (κ3) is 5.26. The van der Waals surface area contributed by atoms with E-state index in [4.69, 9.17) is 0 Å². The Balaban J connectivity index is 1.84. The summed E-state index contributed by atoms with van der Waals surface area (Å²) in [6.07, 6.45) is 9.06. The van der Waals surface area contributed by atoms with E-state index in [0.717, 1.165) is 31.2 Å². The molecule has 0 aliphatic heterocycles. The maximum atomic E-state index is 13.0. The Morgan fingerprint density at radius 2 is 2.14 bits per heavy atom. The molecular formula is C18H24FNO2. The summed E-state index contributed by atoms with van der Waals surface area (Å²) in [5, 5.41) is 12.5. The van der Waals surface area contributed by atoms with Crippen LogP contribution in [0.3, 0.4) is 0 Å². The Hall–Kier alpha value is -1.68. The summed E-state index contributed by atoms with van der Waals surface area (Å²) in [7, 11) is 0. The monoisotopic (exact) mass is 305 g/mol. The van der Waals surface area contributed by atoms with Crippen LogP contribution in [0.2, 0.25) is 0 Å². The Bertz CT molecular complexity index is 516. The summed E-state index contributed by atoms with van der Waals surface area (Å²) in [6, 6.07) is 6.34. The number of aliphatic hydroxyl groups excluding tert-OH is 1. The standard InChI is InChI=1S/C18H24FNO2/c19-16-9-4-6-14(12-16)7-5-11-18(22)20-17-10-3-1-2-8-15(17)13-21/h4-7,9,12,15,17,21H,1-3,8,10-11,13H2,(H,20,22)/b7-5+. The van der Waals surface area contributed by atoms with Crippen LogP contribution in [-0.4, -0.2) is 23.7 Å². The van der Waals surface area contributed by atoms with Gasteiger partial charge in [-0.15, -0.1) is 0 Å². The lowest BCUT2D eigenvalue weighted by Gasteiger charge is -2.24. The molecule has 1 saturated carbocycles. The van der Waals surface area contributed by atoms with Crippen LogP contribution in [-0.2, 0) is 4.79 Å². The molecule has 22 heavy (non-hydrogen) atoms. The average Bonchev–Trinajstić information content (AvgIpc) is 2.72. The van der Waals surface area contributed by atoms with Gasteiger partial charge in [-0.1, -0.05) is 43.5 Å². The van der Waals surface area contributed by atoms with Crippen LogP contribution in [0.4, 0.5) is 4.39 Å². The molecule has 0 heterocycles. The summed E-state index contributed by atoms with van der Waals surface area (Å²) in [5.41, 5.74) is 0.746. The lowest BCUT2D eigenvalue weighted by molar-refractivity contribution is -0.121. The summed E-state index contributed by atoms with van der Waals surface area (Å²) in [5.74, 6) is -0.160. The first kappa shape index (κ1) is 16.7. The van der Waals surface area contributed by atoms with Gasteiger partial charge >= 0.3 is 0 Å². The van der Waals surface area contributed by atoms with Gasteiger partial charge < -0.3 is 10.4 Å². The number of halogens is 1. The van der Waals surface area contributed by atoms with Gasteiger partial charge in [0.15, 0.2) is 0 Å². The first-order valence-corrected chi connectivity index (χ1v) is 8.01. The summed E-state index contributed by atoms with van der Waals surface area (Å²) < 4.78 is 13.0. The predicted octanol–water partition coefficient (Wildman–Crippen LogP) is 3.29. The molecule has 2 atom stereocenters. The minimum absolute atomic E-state index is 0.0435. The largest absolute Gasteiger partial charge is 0.396 e. The number of carbonyl (C=O) groups is 1. The average molecular weight is 305 g/mol. The van der Waals surface area contributed by atoms with Crippen molar-refractivity contribution < 1.29 is 14.3 Å². The van der Waals surface area contributed by atoms with Gasteiger partial charge in [-0.25, -0.2) is 4.39 Å². The zero-order valence-corrected chi connectivity index (χ0v) is 12.8. The second-order valence-electron chi connectivity index (χ2n) is 5.92. The van der Waals surface area contributed by atoms with Crippen LogP contribution in [0.25, 0.3) is 6.08 Å². The van der Waals surface area contributed by atoms with Crippen LogP contribution in [0.1, 0.15) is 44.1 Å². The Morgan fingerprint density at radius 3 is 2.91 bits per heavy atom. The fourth-order valence-electron chi connectivity index (χ4n) is 2.97. The molecule has 1 amide bonds. The van der Waals surface area contributed by atoms with E-state index in [1.54, 1.807) is 24.3 Å². The van der Waals surface area contributed by atoms with Crippen LogP contribution >= 0.6 is 0 Å². The molecule has 1 aliphatic carbocycles. The van der Waals surface area contributed by atoms with Crippen molar-refractivity contribution in [3.8, 4) is 0 Å². The van der Waals surface area contributed by atoms with E-state index >= 15 is 0 Å². The highest BCUT2D eigenvalue weighted by molar-refractivity contribution is 5.78. The Morgan fingerprint density at radius 1 is 1.32 bits per heavy atom. The van der Waals surface area contributed by atoms with Crippen molar-refractivity contribution in [2.45, 2.75) is 44.6 Å². The highest BCUT2D eigenvalue weighted by Gasteiger charge is 2.23. The van der Waals surface area contributed by atoms with E-state index in [0.29, 0.717) is 0 Å². The van der Waals surface area contributed by atoms with Crippen molar-refractivity contribution in [2.75, 3.05) is 6.61 Å². The molecule has 0 radical (unpaired) electrons. The number of benzene rings is 1. The highest BCUT2D eigenvalue weighted by Crippen LogP contribution is 2.23. The molecule has 1 aromatic rings. The van der Waals surface area contributed by atoms with E-state index in [-0.39, 0.29) is 36.7 Å². The van der Waals surface area contributed by atoms with Crippen LogP contribution in [0, 0.1) is 11.7 Å². The quantitative estimate of drug-likeness (QED) is 0.820. The van der Waals surface area contributed by atoms with Gasteiger partial charge in [0, 0.05) is 25.0 Å². The van der Waals surface area contributed by atoms with Gasteiger partial charge in [0.05, 0.1) is 0 Å². The molecule has 0 saturated heterocycles. The molecular weight excluding hydrogens is 281 g/mol. The number of hydrogen-bond donors (Lipinski definition) is 2. The van der Waals surface area contributed by atoms with Crippen molar-refractivity contribution in [1.29, 1.82) is 0 Å². The topological polar surface area (TPSA) is 49.3 Å². The zero-order valence-electron chi connectivity index (χ0n) is 12.8. The number of nitrogens with one attached hydrogen (secondary N) is 1. The molecule has 1 aliphatic rings. The van der Waals surface area contributed by atoms with E-state index in [1.165, 1.54) is 18.6 Å². The van der Waals surface area contributed by atoms with Crippen LogP contribution in [0.15, 0.2) is 30.3 Å². The van der Waals surface area contributed by atoms with Gasteiger partial charge in [0.1, 0.15) is 5.82 Å². The second-order valence-corrected chi connectivity index (χ2v) is 5.92. The molecule has 2 N–H and O–H groups in total. The predicted molar refractivity (Wildman–Crippen MR) is 85.6 cm³/mol. The zero-order chi connectivity index (χ0) is 15.8. The lowest BCUT2D eigenvalue weighted by atomic mass is 9.95. The molecule has 1 aromatic carbocycles. The highest BCUT2D eigenvalue weighted by atomic mass is 19.1. The number of carbonyl (C=O) groups excluding carboxylic acids is 1. The van der Waals surface area contributed by atoms with Crippen molar-refractivity contribution >= 4 is 12.0 Å². The summed E-state index contributed by atoms with van der Waals surface area (Å²) in [6.45, 7) is 0.129. The van der Waals surface area contributed by atoms with E-state index in [1.807, 2.05) is 0 Å². The lowest BCUT2D eigenvalue weighted by Crippen LogP contribution is -2.40. The normalized spacial score (nSPS) is 22.5. The fraction of sp³-hybridized carbons (Fsp3) is 0.500. The number of hydrogen-bond acceptors (Lipinski definition) is 2. The number of rotatable bonds is 5. The molecule has 120 valence electrons. The Kier molecular flexibility index (Phi) is 6.59. The molecule has 0 aromatic heterocycles. The fourth-order valence-corrected chi connectivity index (χ4v) is 2.97. The molecule has 2 unspecified atom stereocenters. The minimum atomic E-state index is -0.282.